The van der Waals surface area contributed by atoms with E-state index in [2.05, 4.69) is 40.7 Å². The van der Waals surface area contributed by atoms with E-state index < -0.39 is 0 Å². The molecule has 0 aliphatic rings. The zero-order valence-corrected chi connectivity index (χ0v) is 18.8. The molecule has 168 valence electrons. The third kappa shape index (κ3) is 5.41. The lowest BCUT2D eigenvalue weighted by Crippen LogP contribution is -2.23. The highest BCUT2D eigenvalue weighted by atomic mass is 16.5. The lowest BCUT2D eigenvalue weighted by Gasteiger charge is -2.13. The van der Waals surface area contributed by atoms with Crippen LogP contribution in [0.2, 0.25) is 0 Å². The topological polar surface area (TPSA) is 65.4 Å². The summed E-state index contributed by atoms with van der Waals surface area (Å²) in [7, 11) is 1.57. The van der Waals surface area contributed by atoms with E-state index >= 15 is 0 Å². The summed E-state index contributed by atoms with van der Waals surface area (Å²) in [5.74, 6) is 0.999. The van der Waals surface area contributed by atoms with E-state index in [4.69, 9.17) is 9.47 Å². The molecule has 0 atom stereocenters. The van der Waals surface area contributed by atoms with E-state index in [9.17, 15) is 4.79 Å². The highest BCUT2D eigenvalue weighted by Crippen LogP contribution is 2.28. The van der Waals surface area contributed by atoms with Crippen LogP contribution in [0.15, 0.2) is 85.2 Å². The summed E-state index contributed by atoms with van der Waals surface area (Å²) < 4.78 is 12.8. The Labute approximate surface area is 193 Å². The summed E-state index contributed by atoms with van der Waals surface area (Å²) in [4.78, 5) is 12.8. The maximum absolute atomic E-state index is 12.8. The second kappa shape index (κ2) is 10.5. The van der Waals surface area contributed by atoms with Crippen molar-refractivity contribution in [3.8, 4) is 22.6 Å². The molecule has 0 fully saturated rings. The van der Waals surface area contributed by atoms with E-state index in [0.29, 0.717) is 30.2 Å². The molecule has 1 N–H and O–H groups in total. The van der Waals surface area contributed by atoms with Gasteiger partial charge in [-0.25, -0.2) is 0 Å². The Morgan fingerprint density at radius 3 is 2.55 bits per heavy atom. The normalized spacial score (nSPS) is 10.6. The van der Waals surface area contributed by atoms with Gasteiger partial charge in [0.1, 0.15) is 0 Å². The van der Waals surface area contributed by atoms with Gasteiger partial charge in [-0.05, 0) is 53.4 Å². The predicted molar refractivity (Wildman–Crippen MR) is 129 cm³/mol. The van der Waals surface area contributed by atoms with Crippen molar-refractivity contribution in [2.75, 3.05) is 13.7 Å². The van der Waals surface area contributed by atoms with Crippen molar-refractivity contribution in [3.63, 3.8) is 0 Å². The number of carbonyl (C=O) groups is 1. The monoisotopic (exact) mass is 441 g/mol. The van der Waals surface area contributed by atoms with Crippen molar-refractivity contribution in [1.29, 1.82) is 0 Å². The van der Waals surface area contributed by atoms with Crippen LogP contribution < -0.4 is 14.8 Å². The second-order valence-corrected chi connectivity index (χ2v) is 7.54. The highest BCUT2D eigenvalue weighted by Gasteiger charge is 2.12. The van der Waals surface area contributed by atoms with Crippen LogP contribution in [-0.2, 0) is 13.1 Å². The summed E-state index contributed by atoms with van der Waals surface area (Å²) in [6.07, 6.45) is 3.73. The van der Waals surface area contributed by atoms with Crippen molar-refractivity contribution in [2.24, 2.45) is 0 Å². The van der Waals surface area contributed by atoms with Crippen LogP contribution in [0.5, 0.6) is 11.5 Å². The Morgan fingerprint density at radius 1 is 1.00 bits per heavy atom. The van der Waals surface area contributed by atoms with E-state index in [0.717, 1.165) is 23.2 Å². The first-order valence-electron chi connectivity index (χ1n) is 10.9. The van der Waals surface area contributed by atoms with Crippen molar-refractivity contribution < 1.29 is 14.3 Å². The third-order valence-corrected chi connectivity index (χ3v) is 5.35. The average Bonchev–Trinajstić information content (AvgIpc) is 3.37. The van der Waals surface area contributed by atoms with Gasteiger partial charge in [0.25, 0.3) is 5.91 Å². The molecule has 0 aliphatic heterocycles. The Bertz CT molecular complexity index is 1200. The number of hydrogen-bond donors (Lipinski definition) is 1. The van der Waals surface area contributed by atoms with Gasteiger partial charge >= 0.3 is 0 Å². The van der Waals surface area contributed by atoms with Gasteiger partial charge < -0.3 is 14.8 Å². The van der Waals surface area contributed by atoms with Crippen LogP contribution in [0, 0.1) is 0 Å². The Balaban J connectivity index is 1.46. The minimum atomic E-state index is -0.166. The van der Waals surface area contributed by atoms with Crippen LogP contribution in [-0.4, -0.2) is 29.4 Å². The molecule has 0 bridgehead atoms. The summed E-state index contributed by atoms with van der Waals surface area (Å²) in [5.41, 5.74) is 4.94. The van der Waals surface area contributed by atoms with Crippen LogP contribution in [0.4, 0.5) is 0 Å². The number of amides is 1. The first-order valence-corrected chi connectivity index (χ1v) is 10.9. The first kappa shape index (κ1) is 22.1. The standard InChI is InChI=1S/C27H27N3O3/c1-3-33-25-14-13-22(17-26(25)32-2)27(31)28-18-23-7-4-5-8-24(23)21-11-9-20(10-12-21)19-30-16-6-15-29-30/h4-17H,3,18-19H2,1-2H3,(H,28,31). The molecule has 3 aromatic carbocycles. The lowest BCUT2D eigenvalue weighted by molar-refractivity contribution is 0.0950. The number of hydrogen-bond acceptors (Lipinski definition) is 4. The molecule has 0 saturated carbocycles. The molecule has 1 heterocycles. The third-order valence-electron chi connectivity index (χ3n) is 5.35. The van der Waals surface area contributed by atoms with Gasteiger partial charge in [0.2, 0.25) is 0 Å². The van der Waals surface area contributed by atoms with E-state index in [-0.39, 0.29) is 5.91 Å². The molecule has 6 heteroatoms. The smallest absolute Gasteiger partial charge is 0.251 e. The van der Waals surface area contributed by atoms with Gasteiger partial charge in [0.15, 0.2) is 11.5 Å². The number of nitrogens with one attached hydrogen (secondary N) is 1. The SMILES string of the molecule is CCOc1ccc(C(=O)NCc2ccccc2-c2ccc(Cn3cccn3)cc2)cc1OC. The van der Waals surface area contributed by atoms with Crippen LogP contribution >= 0.6 is 0 Å². The van der Waals surface area contributed by atoms with E-state index in [1.807, 2.05) is 42.1 Å². The largest absolute Gasteiger partial charge is 0.493 e. The minimum absolute atomic E-state index is 0.166. The molecule has 0 aliphatic carbocycles. The molecule has 0 spiro atoms. The number of rotatable bonds is 9. The number of nitrogens with zero attached hydrogens (tertiary/aromatic N) is 2. The molecule has 4 rings (SSSR count). The summed E-state index contributed by atoms with van der Waals surface area (Å²) in [6, 6.07) is 23.7. The van der Waals surface area contributed by atoms with Crippen LogP contribution in [0.1, 0.15) is 28.4 Å². The Morgan fingerprint density at radius 2 is 1.82 bits per heavy atom. The zero-order chi connectivity index (χ0) is 23.0. The second-order valence-electron chi connectivity index (χ2n) is 7.54. The first-order chi connectivity index (χ1) is 16.2. The molecular formula is C27H27N3O3. The summed E-state index contributed by atoms with van der Waals surface area (Å²) in [5, 5.41) is 7.28. The van der Waals surface area contributed by atoms with Gasteiger partial charge in [-0.15, -0.1) is 0 Å². The fraction of sp³-hybridized carbons (Fsp3) is 0.185. The zero-order valence-electron chi connectivity index (χ0n) is 18.8. The van der Waals surface area contributed by atoms with Crippen LogP contribution in [0.25, 0.3) is 11.1 Å². The van der Waals surface area contributed by atoms with Gasteiger partial charge in [-0.1, -0.05) is 48.5 Å². The molecule has 0 saturated heterocycles. The number of methoxy groups -OCH3 is 1. The van der Waals surface area contributed by atoms with Crippen molar-refractivity contribution in [3.05, 3.63) is 102 Å². The molecule has 6 nitrogen and oxygen atoms in total. The number of carbonyl (C=O) groups excluding carboxylic acids is 1. The Hall–Kier alpha value is -4.06. The minimum Gasteiger partial charge on any atom is -0.493 e. The molecule has 0 radical (unpaired) electrons. The van der Waals surface area contributed by atoms with Gasteiger partial charge in [-0.2, -0.15) is 5.10 Å². The van der Waals surface area contributed by atoms with Gasteiger partial charge in [-0.3, -0.25) is 9.48 Å². The molecule has 33 heavy (non-hydrogen) atoms. The van der Waals surface area contributed by atoms with Crippen LogP contribution in [0.3, 0.4) is 0 Å². The molecule has 4 aromatic rings. The van der Waals surface area contributed by atoms with E-state index in [1.165, 1.54) is 5.56 Å². The quantitative estimate of drug-likeness (QED) is 0.400. The van der Waals surface area contributed by atoms with Gasteiger partial charge in [0, 0.05) is 24.5 Å². The van der Waals surface area contributed by atoms with Crippen molar-refractivity contribution in [1.82, 2.24) is 15.1 Å². The molecule has 0 unspecified atom stereocenters. The predicted octanol–water partition coefficient (Wildman–Crippen LogP) is 4.94. The fourth-order valence-electron chi connectivity index (χ4n) is 3.69. The highest BCUT2D eigenvalue weighted by molar-refractivity contribution is 5.95. The van der Waals surface area contributed by atoms with Crippen molar-refractivity contribution in [2.45, 2.75) is 20.0 Å². The van der Waals surface area contributed by atoms with Crippen molar-refractivity contribution >= 4 is 5.91 Å². The number of benzene rings is 3. The lowest BCUT2D eigenvalue weighted by atomic mass is 9.98. The van der Waals surface area contributed by atoms with E-state index in [1.54, 1.807) is 31.5 Å². The summed E-state index contributed by atoms with van der Waals surface area (Å²) >= 11 is 0. The molecule has 1 aromatic heterocycles. The Kier molecular flexibility index (Phi) is 7.05. The maximum Gasteiger partial charge on any atom is 0.251 e. The fourth-order valence-corrected chi connectivity index (χ4v) is 3.69. The maximum atomic E-state index is 12.8. The van der Waals surface area contributed by atoms with Gasteiger partial charge in [0.05, 0.1) is 20.3 Å². The number of aromatic nitrogens is 2. The summed E-state index contributed by atoms with van der Waals surface area (Å²) in [6.45, 7) is 3.59. The molecule has 1 amide bonds. The average molecular weight is 442 g/mol. The number of ether oxygens (including phenoxy) is 2. The molecular weight excluding hydrogens is 414 g/mol.